The number of rotatable bonds is 5. The van der Waals surface area contributed by atoms with Gasteiger partial charge in [-0.05, 0) is 29.8 Å². The molecule has 0 saturated heterocycles. The van der Waals surface area contributed by atoms with E-state index in [1.807, 2.05) is 66.7 Å². The summed E-state index contributed by atoms with van der Waals surface area (Å²) in [6, 6.07) is 25.3. The highest BCUT2D eigenvalue weighted by atomic mass is 16.5. The van der Waals surface area contributed by atoms with Crippen molar-refractivity contribution in [2.24, 2.45) is 0 Å². The topological polar surface area (TPSA) is 72.5 Å². The van der Waals surface area contributed by atoms with Gasteiger partial charge >= 0.3 is 0 Å². The maximum absolute atomic E-state index is 10.6. The average Bonchev–Trinajstić information content (AvgIpc) is 3.28. The van der Waals surface area contributed by atoms with Gasteiger partial charge in [0.05, 0.1) is 24.7 Å². The Morgan fingerprint density at radius 3 is 2.39 bits per heavy atom. The van der Waals surface area contributed by atoms with E-state index in [1.54, 1.807) is 30.0 Å². The summed E-state index contributed by atoms with van der Waals surface area (Å²) in [6.07, 6.45) is 2.23. The van der Waals surface area contributed by atoms with E-state index in [9.17, 15) is 5.11 Å². The Bertz CT molecular complexity index is 1350. The van der Waals surface area contributed by atoms with Crippen molar-refractivity contribution in [3.05, 3.63) is 96.2 Å². The van der Waals surface area contributed by atoms with Crippen molar-refractivity contribution < 1.29 is 9.84 Å². The Morgan fingerprint density at radius 1 is 0.903 bits per heavy atom. The minimum absolute atomic E-state index is 0.182. The zero-order valence-corrected chi connectivity index (χ0v) is 16.9. The molecule has 0 bridgehead atoms. The molecule has 0 radical (unpaired) electrons. The van der Waals surface area contributed by atoms with Crippen LogP contribution in [0.15, 0.2) is 85.1 Å². The molecule has 0 aliphatic rings. The highest BCUT2D eigenvalue weighted by Crippen LogP contribution is 2.37. The molecular formula is C25H20N4O2. The van der Waals surface area contributed by atoms with Crippen LogP contribution in [-0.4, -0.2) is 32.0 Å². The van der Waals surface area contributed by atoms with Crippen LogP contribution in [0.2, 0.25) is 0 Å². The lowest BCUT2D eigenvalue weighted by Gasteiger charge is -2.17. The lowest BCUT2D eigenvalue weighted by Crippen LogP contribution is -2.06. The van der Waals surface area contributed by atoms with Gasteiger partial charge in [-0.25, -0.2) is 4.98 Å². The van der Waals surface area contributed by atoms with Crippen molar-refractivity contribution in [3.63, 3.8) is 0 Å². The highest BCUT2D eigenvalue weighted by molar-refractivity contribution is 5.79. The van der Waals surface area contributed by atoms with Crippen LogP contribution in [0.5, 0.6) is 11.5 Å². The molecule has 0 atom stereocenters. The third-order valence-corrected chi connectivity index (χ3v) is 5.29. The van der Waals surface area contributed by atoms with Crippen LogP contribution in [0.25, 0.3) is 28.2 Å². The summed E-state index contributed by atoms with van der Waals surface area (Å²) >= 11 is 0. The van der Waals surface area contributed by atoms with E-state index in [-0.39, 0.29) is 5.75 Å². The van der Waals surface area contributed by atoms with Crippen molar-refractivity contribution in [2.75, 3.05) is 7.11 Å². The van der Waals surface area contributed by atoms with Crippen LogP contribution in [0.4, 0.5) is 0 Å². The fourth-order valence-electron chi connectivity index (χ4n) is 3.79. The number of phenols is 1. The molecule has 0 fully saturated rings. The lowest BCUT2D eigenvalue weighted by atomic mass is 9.94. The second kappa shape index (κ2) is 7.91. The van der Waals surface area contributed by atoms with E-state index < -0.39 is 0 Å². The number of methoxy groups -OCH3 is 1. The predicted octanol–water partition coefficient (Wildman–Crippen LogP) is 4.76. The molecule has 6 heteroatoms. The largest absolute Gasteiger partial charge is 0.507 e. The first kappa shape index (κ1) is 18.8. The second-order valence-electron chi connectivity index (χ2n) is 7.20. The molecule has 0 aliphatic heterocycles. The first-order chi connectivity index (χ1) is 15.2. The van der Waals surface area contributed by atoms with E-state index >= 15 is 0 Å². The normalized spacial score (nSPS) is 11.0. The fraction of sp³-hybridized carbons (Fsp3) is 0.0800. The SMILES string of the molecule is COc1ccc(Cc2c(-c3ccccc3O)nc3cnnn3c2-c2ccccc2)cc1. The number of hydrogen-bond acceptors (Lipinski definition) is 5. The fourth-order valence-corrected chi connectivity index (χ4v) is 3.79. The van der Waals surface area contributed by atoms with Gasteiger partial charge in [-0.1, -0.05) is 59.8 Å². The number of nitrogens with zero attached hydrogens (tertiary/aromatic N) is 4. The number of benzene rings is 3. The van der Waals surface area contributed by atoms with Crippen molar-refractivity contribution in [1.82, 2.24) is 19.8 Å². The first-order valence-corrected chi connectivity index (χ1v) is 9.94. The molecule has 5 aromatic rings. The maximum Gasteiger partial charge on any atom is 0.176 e. The summed E-state index contributed by atoms with van der Waals surface area (Å²) in [5.41, 5.74) is 5.95. The molecule has 0 spiro atoms. The number of aromatic hydroxyl groups is 1. The van der Waals surface area contributed by atoms with Crippen molar-refractivity contribution in [3.8, 4) is 34.0 Å². The molecule has 31 heavy (non-hydrogen) atoms. The van der Waals surface area contributed by atoms with Gasteiger partial charge in [-0.2, -0.15) is 4.52 Å². The van der Waals surface area contributed by atoms with Crippen LogP contribution >= 0.6 is 0 Å². The number of aromatic nitrogens is 4. The summed E-state index contributed by atoms with van der Waals surface area (Å²) in [5, 5.41) is 19.0. The molecule has 3 aromatic carbocycles. The maximum atomic E-state index is 10.6. The minimum atomic E-state index is 0.182. The standard InChI is InChI=1S/C25H20N4O2/c1-31-19-13-11-17(12-14-19)15-21-24(20-9-5-6-10-22(20)30)27-23-16-26-28-29(23)25(21)18-7-3-2-4-8-18/h2-14,16,30H,15H2,1H3. The number of fused-ring (bicyclic) bond motifs is 1. The number of ether oxygens (including phenoxy) is 1. The smallest absolute Gasteiger partial charge is 0.176 e. The van der Waals surface area contributed by atoms with E-state index in [4.69, 9.17) is 9.72 Å². The number of phenolic OH excluding ortho intramolecular Hbond substituents is 1. The number of para-hydroxylation sites is 1. The summed E-state index contributed by atoms with van der Waals surface area (Å²) in [5.74, 6) is 0.986. The van der Waals surface area contributed by atoms with E-state index in [2.05, 4.69) is 10.3 Å². The Kier molecular flexibility index (Phi) is 4.80. The first-order valence-electron chi connectivity index (χ1n) is 9.94. The quantitative estimate of drug-likeness (QED) is 0.454. The van der Waals surface area contributed by atoms with Gasteiger partial charge in [0.2, 0.25) is 0 Å². The van der Waals surface area contributed by atoms with Gasteiger partial charge in [-0.3, -0.25) is 0 Å². The van der Waals surface area contributed by atoms with E-state index in [1.165, 1.54) is 0 Å². The highest BCUT2D eigenvalue weighted by Gasteiger charge is 2.21. The molecule has 0 aliphatic carbocycles. The van der Waals surface area contributed by atoms with Crippen LogP contribution in [0.1, 0.15) is 11.1 Å². The Morgan fingerprint density at radius 2 is 1.65 bits per heavy atom. The molecule has 1 N–H and O–H groups in total. The average molecular weight is 408 g/mol. The number of hydrogen-bond donors (Lipinski definition) is 1. The monoisotopic (exact) mass is 408 g/mol. The summed E-state index contributed by atoms with van der Waals surface area (Å²) in [6.45, 7) is 0. The van der Waals surface area contributed by atoms with Gasteiger partial charge in [0.1, 0.15) is 11.5 Å². The molecule has 5 rings (SSSR count). The lowest BCUT2D eigenvalue weighted by molar-refractivity contribution is 0.414. The van der Waals surface area contributed by atoms with Crippen LogP contribution < -0.4 is 4.74 Å². The van der Waals surface area contributed by atoms with Gasteiger partial charge in [0.25, 0.3) is 0 Å². The van der Waals surface area contributed by atoms with Crippen molar-refractivity contribution in [2.45, 2.75) is 6.42 Å². The molecule has 0 amide bonds. The van der Waals surface area contributed by atoms with Crippen LogP contribution in [-0.2, 0) is 6.42 Å². The molecule has 6 nitrogen and oxygen atoms in total. The predicted molar refractivity (Wildman–Crippen MR) is 119 cm³/mol. The Balaban J connectivity index is 1.80. The zero-order valence-electron chi connectivity index (χ0n) is 16.9. The third kappa shape index (κ3) is 3.48. The van der Waals surface area contributed by atoms with Gasteiger partial charge in [0.15, 0.2) is 5.65 Å². The van der Waals surface area contributed by atoms with Crippen molar-refractivity contribution >= 4 is 5.65 Å². The van der Waals surface area contributed by atoms with Gasteiger partial charge < -0.3 is 9.84 Å². The molecule has 0 saturated carbocycles. The van der Waals surface area contributed by atoms with E-state index in [0.717, 1.165) is 28.1 Å². The summed E-state index contributed by atoms with van der Waals surface area (Å²) in [7, 11) is 1.65. The molecule has 2 aromatic heterocycles. The van der Waals surface area contributed by atoms with E-state index in [0.29, 0.717) is 23.3 Å². The van der Waals surface area contributed by atoms with Crippen LogP contribution in [0, 0.1) is 0 Å². The zero-order chi connectivity index (χ0) is 21.2. The van der Waals surface area contributed by atoms with Gasteiger partial charge in [-0.15, -0.1) is 5.10 Å². The Hall–Kier alpha value is -4.19. The molecule has 0 unspecified atom stereocenters. The third-order valence-electron chi connectivity index (χ3n) is 5.29. The minimum Gasteiger partial charge on any atom is -0.507 e. The molecule has 2 heterocycles. The molecular weight excluding hydrogens is 388 g/mol. The van der Waals surface area contributed by atoms with Crippen LogP contribution in [0.3, 0.4) is 0 Å². The van der Waals surface area contributed by atoms with Crippen molar-refractivity contribution in [1.29, 1.82) is 0 Å². The summed E-state index contributed by atoms with van der Waals surface area (Å²) in [4.78, 5) is 4.84. The molecule has 152 valence electrons. The second-order valence-corrected chi connectivity index (χ2v) is 7.20. The van der Waals surface area contributed by atoms with Gasteiger partial charge in [0, 0.05) is 23.1 Å². The summed E-state index contributed by atoms with van der Waals surface area (Å²) < 4.78 is 7.06. The Labute approximate surface area is 179 Å².